The van der Waals surface area contributed by atoms with E-state index in [1.807, 2.05) is 0 Å². The van der Waals surface area contributed by atoms with Crippen molar-refractivity contribution in [2.45, 2.75) is 6.92 Å². The van der Waals surface area contributed by atoms with Gasteiger partial charge in [0, 0.05) is 17.6 Å². The summed E-state index contributed by atoms with van der Waals surface area (Å²) < 4.78 is 8.44. The second-order valence-corrected chi connectivity index (χ2v) is 3.60. The van der Waals surface area contributed by atoms with Crippen molar-refractivity contribution in [1.82, 2.24) is 14.6 Å². The Kier molecular flexibility index (Phi) is 2.82. The molecule has 16 heavy (non-hydrogen) atoms. The minimum absolute atomic E-state index is 0.297. The first-order valence-electron chi connectivity index (χ1n) is 4.53. The van der Waals surface area contributed by atoms with E-state index in [-0.39, 0.29) is 0 Å². The van der Waals surface area contributed by atoms with E-state index < -0.39 is 6.09 Å². The van der Waals surface area contributed by atoms with Crippen LogP contribution in [-0.2, 0) is 4.74 Å². The molecule has 0 aliphatic rings. The van der Waals surface area contributed by atoms with Gasteiger partial charge in [-0.25, -0.2) is 9.78 Å². The molecule has 0 aliphatic heterocycles. The van der Waals surface area contributed by atoms with Crippen molar-refractivity contribution in [2.24, 2.45) is 0 Å². The molecule has 2 rings (SSSR count). The largest absolute Gasteiger partial charge is 0.450 e. The number of carbonyl (C=O) groups is 1. The molecule has 0 saturated carbocycles. The van der Waals surface area contributed by atoms with Crippen LogP contribution in [0.4, 0.5) is 16.3 Å². The summed E-state index contributed by atoms with van der Waals surface area (Å²) in [6.07, 6.45) is -0.564. The Morgan fingerprint density at radius 1 is 1.69 bits per heavy atom. The molecule has 0 fully saturated rings. The van der Waals surface area contributed by atoms with Crippen molar-refractivity contribution >= 4 is 39.5 Å². The number of rotatable bonds is 2. The number of nitrogens with two attached hydrogens (primary N) is 1. The minimum Gasteiger partial charge on any atom is -0.450 e. The highest BCUT2D eigenvalue weighted by Gasteiger charge is 2.09. The van der Waals surface area contributed by atoms with Crippen LogP contribution in [-0.4, -0.2) is 27.3 Å². The van der Waals surface area contributed by atoms with E-state index >= 15 is 0 Å². The first-order chi connectivity index (χ1) is 7.70. The molecule has 0 spiro atoms. The SMILES string of the molecule is CCOC(=O)Nc1cc(N)c2nnsc2n1. The summed E-state index contributed by atoms with van der Waals surface area (Å²) in [6, 6.07) is 1.51. The Balaban J connectivity index is 2.28. The average Bonchev–Trinajstić information content (AvgIpc) is 2.66. The fourth-order valence-corrected chi connectivity index (χ4v) is 1.72. The number of pyridine rings is 1. The molecule has 0 bridgehead atoms. The van der Waals surface area contributed by atoms with Crippen LogP contribution in [0.5, 0.6) is 0 Å². The third kappa shape index (κ3) is 2.01. The molecule has 8 heteroatoms. The van der Waals surface area contributed by atoms with E-state index in [4.69, 9.17) is 10.5 Å². The Labute approximate surface area is 94.8 Å². The molecule has 2 aromatic heterocycles. The van der Waals surface area contributed by atoms with Crippen molar-refractivity contribution in [3.8, 4) is 0 Å². The normalized spacial score (nSPS) is 10.3. The highest BCUT2D eigenvalue weighted by molar-refractivity contribution is 7.12. The van der Waals surface area contributed by atoms with Crippen molar-refractivity contribution < 1.29 is 9.53 Å². The maximum absolute atomic E-state index is 11.2. The lowest BCUT2D eigenvalue weighted by atomic mass is 10.3. The average molecular weight is 239 g/mol. The van der Waals surface area contributed by atoms with Gasteiger partial charge in [-0.3, -0.25) is 5.32 Å². The molecule has 0 saturated heterocycles. The quantitative estimate of drug-likeness (QED) is 0.817. The molecule has 3 N–H and O–H groups in total. The Bertz CT molecular complexity index is 526. The number of hydrogen-bond acceptors (Lipinski definition) is 7. The molecule has 2 aromatic rings. The summed E-state index contributed by atoms with van der Waals surface area (Å²) in [5.74, 6) is 0.328. The van der Waals surface area contributed by atoms with Gasteiger partial charge in [-0.2, -0.15) is 0 Å². The van der Waals surface area contributed by atoms with Gasteiger partial charge in [0.2, 0.25) is 0 Å². The topological polar surface area (TPSA) is 103 Å². The number of carbonyl (C=O) groups excluding carboxylic acids is 1. The third-order valence-corrected chi connectivity index (χ3v) is 2.38. The van der Waals surface area contributed by atoms with Gasteiger partial charge >= 0.3 is 6.09 Å². The van der Waals surface area contributed by atoms with Crippen molar-refractivity contribution in [3.63, 3.8) is 0 Å². The summed E-state index contributed by atoms with van der Waals surface area (Å²) in [5, 5.41) is 6.28. The van der Waals surface area contributed by atoms with Crippen molar-refractivity contribution in [3.05, 3.63) is 6.07 Å². The fraction of sp³-hybridized carbons (Fsp3) is 0.250. The summed E-state index contributed by atoms with van der Waals surface area (Å²) in [4.78, 5) is 15.9. The van der Waals surface area contributed by atoms with Gasteiger partial charge in [0.1, 0.15) is 11.3 Å². The number of nitrogens with one attached hydrogen (secondary N) is 1. The Morgan fingerprint density at radius 3 is 3.25 bits per heavy atom. The van der Waals surface area contributed by atoms with Gasteiger partial charge < -0.3 is 10.5 Å². The lowest BCUT2D eigenvalue weighted by Gasteiger charge is -2.04. The van der Waals surface area contributed by atoms with Gasteiger partial charge in [0.25, 0.3) is 0 Å². The fourth-order valence-electron chi connectivity index (χ4n) is 1.13. The predicted octanol–water partition coefficient (Wildman–Crippen LogP) is 1.24. The minimum atomic E-state index is -0.564. The summed E-state index contributed by atoms with van der Waals surface area (Å²) >= 11 is 1.11. The van der Waals surface area contributed by atoms with Gasteiger partial charge in [0.05, 0.1) is 12.3 Å². The standard InChI is InChI=1S/C8H9N5O2S/c1-2-15-8(14)11-5-3-4(9)6-7(10-5)16-13-12-6/h3H,2H2,1H3,(H3,9,10,11,14). The zero-order valence-corrected chi connectivity index (χ0v) is 9.24. The molecule has 2 heterocycles. The Hall–Kier alpha value is -1.96. The van der Waals surface area contributed by atoms with Gasteiger partial charge in [0.15, 0.2) is 4.83 Å². The number of fused-ring (bicyclic) bond motifs is 1. The molecule has 0 aromatic carbocycles. The predicted molar refractivity (Wildman–Crippen MR) is 60.3 cm³/mol. The zero-order chi connectivity index (χ0) is 11.5. The second-order valence-electron chi connectivity index (χ2n) is 2.87. The van der Waals surface area contributed by atoms with E-state index in [0.29, 0.717) is 28.5 Å². The molecule has 0 atom stereocenters. The number of aromatic nitrogens is 3. The molecule has 1 amide bonds. The zero-order valence-electron chi connectivity index (χ0n) is 8.43. The lowest BCUT2D eigenvalue weighted by molar-refractivity contribution is 0.168. The van der Waals surface area contributed by atoms with E-state index in [1.54, 1.807) is 6.92 Å². The molecule has 0 unspecified atom stereocenters. The maximum atomic E-state index is 11.2. The van der Waals surface area contributed by atoms with Gasteiger partial charge in [-0.15, -0.1) is 5.10 Å². The molecular weight excluding hydrogens is 230 g/mol. The number of anilines is 2. The van der Waals surface area contributed by atoms with Crippen LogP contribution in [0.3, 0.4) is 0 Å². The van der Waals surface area contributed by atoms with Gasteiger partial charge in [-0.05, 0) is 6.92 Å². The highest BCUT2D eigenvalue weighted by atomic mass is 32.1. The first-order valence-corrected chi connectivity index (χ1v) is 5.30. The van der Waals surface area contributed by atoms with Gasteiger partial charge in [-0.1, -0.05) is 4.49 Å². The van der Waals surface area contributed by atoms with Crippen LogP contribution >= 0.6 is 11.5 Å². The highest BCUT2D eigenvalue weighted by Crippen LogP contribution is 2.22. The molecule has 84 valence electrons. The summed E-state index contributed by atoms with van der Waals surface area (Å²) in [5.41, 5.74) is 6.69. The van der Waals surface area contributed by atoms with E-state index in [2.05, 4.69) is 19.9 Å². The summed E-state index contributed by atoms with van der Waals surface area (Å²) in [6.45, 7) is 2.02. The molecule has 0 radical (unpaired) electrons. The second kappa shape index (κ2) is 4.27. The lowest BCUT2D eigenvalue weighted by Crippen LogP contribution is -2.14. The van der Waals surface area contributed by atoms with Crippen molar-refractivity contribution in [1.29, 1.82) is 0 Å². The number of hydrogen-bond donors (Lipinski definition) is 2. The van der Waals surface area contributed by atoms with Crippen LogP contribution in [0.25, 0.3) is 10.3 Å². The first kappa shape index (κ1) is 10.6. The van der Waals surface area contributed by atoms with E-state index in [0.717, 1.165) is 11.5 Å². The number of amides is 1. The van der Waals surface area contributed by atoms with Crippen molar-refractivity contribution in [2.75, 3.05) is 17.7 Å². The third-order valence-electron chi connectivity index (χ3n) is 1.76. The van der Waals surface area contributed by atoms with Crippen LogP contribution in [0.2, 0.25) is 0 Å². The smallest absolute Gasteiger partial charge is 0.412 e. The number of ether oxygens (including phenoxy) is 1. The molecule has 7 nitrogen and oxygen atoms in total. The maximum Gasteiger partial charge on any atom is 0.412 e. The molecular formula is C8H9N5O2S. The number of nitrogen functional groups attached to an aromatic ring is 1. The van der Waals surface area contributed by atoms with E-state index in [1.165, 1.54) is 6.07 Å². The van der Waals surface area contributed by atoms with E-state index in [9.17, 15) is 4.79 Å². The van der Waals surface area contributed by atoms with Crippen LogP contribution < -0.4 is 11.1 Å². The summed E-state index contributed by atoms with van der Waals surface area (Å²) in [7, 11) is 0. The number of nitrogens with zero attached hydrogens (tertiary/aromatic N) is 3. The van der Waals surface area contributed by atoms with Crippen LogP contribution in [0, 0.1) is 0 Å². The molecule has 0 aliphatic carbocycles. The monoisotopic (exact) mass is 239 g/mol. The Morgan fingerprint density at radius 2 is 2.50 bits per heavy atom. The van der Waals surface area contributed by atoms with Crippen LogP contribution in [0.1, 0.15) is 6.92 Å². The van der Waals surface area contributed by atoms with Crippen LogP contribution in [0.15, 0.2) is 6.07 Å².